The first kappa shape index (κ1) is 13.5. The Balaban J connectivity index is 0.000000130. The highest BCUT2D eigenvalue weighted by Crippen LogP contribution is 2.18. The van der Waals surface area contributed by atoms with Gasteiger partial charge >= 0.3 is 0 Å². The zero-order chi connectivity index (χ0) is 15.5. The summed E-state index contributed by atoms with van der Waals surface area (Å²) in [4.78, 5) is 11.6. The Hall–Kier alpha value is -3.20. The normalized spacial score (nSPS) is 10.6. The number of para-hydroxylation sites is 4. The highest BCUT2D eigenvalue weighted by atomic mass is 14.9. The molecule has 0 radical (unpaired) electrons. The van der Waals surface area contributed by atoms with E-state index < -0.39 is 0 Å². The highest BCUT2D eigenvalue weighted by molar-refractivity contribution is 5.92. The number of benzene rings is 3. The van der Waals surface area contributed by atoms with E-state index in [1.807, 2.05) is 60.7 Å². The number of pyridine rings is 1. The molecule has 0 aliphatic carbocycles. The molecule has 23 heavy (non-hydrogen) atoms. The van der Waals surface area contributed by atoms with Gasteiger partial charge in [0, 0.05) is 10.8 Å². The zero-order valence-electron chi connectivity index (χ0n) is 12.5. The molecule has 0 aliphatic rings. The number of hydrogen-bond donors (Lipinski definition) is 1. The van der Waals surface area contributed by atoms with Crippen LogP contribution in [0.25, 0.3) is 32.8 Å². The predicted octanol–water partition coefficient (Wildman–Crippen LogP) is 4.95. The van der Waals surface area contributed by atoms with Crippen molar-refractivity contribution in [1.82, 2.24) is 15.0 Å². The molecule has 0 saturated heterocycles. The number of aromatic nitrogens is 3. The molecule has 3 aromatic carbocycles. The Morgan fingerprint density at radius 1 is 0.609 bits per heavy atom. The van der Waals surface area contributed by atoms with Crippen LogP contribution in [0, 0.1) is 0 Å². The Kier molecular flexibility index (Phi) is 3.45. The summed E-state index contributed by atoms with van der Waals surface area (Å²) >= 11 is 0. The van der Waals surface area contributed by atoms with Crippen molar-refractivity contribution in [3.63, 3.8) is 0 Å². The number of fused-ring (bicyclic) bond motifs is 3. The molecule has 3 nitrogen and oxygen atoms in total. The Morgan fingerprint density at radius 2 is 1.17 bits per heavy atom. The molecule has 1 N–H and O–H groups in total. The minimum absolute atomic E-state index is 1.03. The molecule has 0 atom stereocenters. The van der Waals surface area contributed by atoms with Gasteiger partial charge in [0.05, 0.1) is 28.4 Å². The lowest BCUT2D eigenvalue weighted by molar-refractivity contribution is 1.34. The maximum Gasteiger partial charge on any atom is 0.0931 e. The van der Waals surface area contributed by atoms with E-state index in [0.717, 1.165) is 22.1 Å². The molecule has 2 aromatic heterocycles. The molecule has 2 heterocycles. The van der Waals surface area contributed by atoms with E-state index in [0.29, 0.717) is 0 Å². The van der Waals surface area contributed by atoms with E-state index in [2.05, 4.69) is 33.2 Å². The Morgan fingerprint density at radius 3 is 1.83 bits per heavy atom. The number of hydrogen-bond acceptors (Lipinski definition) is 2. The molecule has 0 spiro atoms. The number of rotatable bonds is 0. The first-order valence-corrected chi connectivity index (χ1v) is 7.53. The smallest absolute Gasteiger partial charge is 0.0931 e. The number of nitrogens with zero attached hydrogens (tertiary/aromatic N) is 2. The van der Waals surface area contributed by atoms with Crippen LogP contribution < -0.4 is 0 Å². The second-order valence-corrected chi connectivity index (χ2v) is 5.29. The summed E-state index contributed by atoms with van der Waals surface area (Å²) in [6.07, 6.45) is 1.70. The zero-order valence-corrected chi connectivity index (χ0v) is 12.5. The Bertz CT molecular complexity index is 944. The van der Waals surface area contributed by atoms with Crippen LogP contribution in [-0.4, -0.2) is 15.0 Å². The van der Waals surface area contributed by atoms with Crippen LogP contribution in [0.15, 0.2) is 85.2 Å². The van der Waals surface area contributed by atoms with Crippen molar-refractivity contribution >= 4 is 32.8 Å². The van der Waals surface area contributed by atoms with E-state index in [1.54, 1.807) is 6.33 Å². The summed E-state index contributed by atoms with van der Waals surface area (Å²) in [6.45, 7) is 0. The topological polar surface area (TPSA) is 41.6 Å². The second-order valence-electron chi connectivity index (χ2n) is 5.29. The molecule has 0 bridgehead atoms. The predicted molar refractivity (Wildman–Crippen MR) is 95.3 cm³/mol. The largest absolute Gasteiger partial charge is 0.345 e. The van der Waals surface area contributed by atoms with Crippen molar-refractivity contribution in [2.24, 2.45) is 0 Å². The minimum atomic E-state index is 1.03. The fourth-order valence-corrected chi connectivity index (χ4v) is 2.60. The number of nitrogens with one attached hydrogen (secondary N) is 1. The summed E-state index contributed by atoms with van der Waals surface area (Å²) in [5.74, 6) is 0. The lowest BCUT2D eigenvalue weighted by atomic mass is 10.1. The van der Waals surface area contributed by atoms with Crippen molar-refractivity contribution in [2.45, 2.75) is 0 Å². The summed E-state index contributed by atoms with van der Waals surface area (Å²) in [7, 11) is 0. The summed E-state index contributed by atoms with van der Waals surface area (Å²) < 4.78 is 0. The molecule has 0 saturated carbocycles. The SMILES string of the molecule is c1ccc2[nH]cnc2c1.c1ccc2nc3ccccc3cc2c1. The lowest BCUT2D eigenvalue weighted by Crippen LogP contribution is -1.80. The van der Waals surface area contributed by atoms with Gasteiger partial charge in [-0.15, -0.1) is 0 Å². The van der Waals surface area contributed by atoms with Gasteiger partial charge in [0.1, 0.15) is 0 Å². The second kappa shape index (κ2) is 5.89. The minimum Gasteiger partial charge on any atom is -0.345 e. The van der Waals surface area contributed by atoms with Gasteiger partial charge in [-0.2, -0.15) is 0 Å². The lowest BCUT2D eigenvalue weighted by Gasteiger charge is -1.99. The molecule has 0 unspecified atom stereocenters. The highest BCUT2D eigenvalue weighted by Gasteiger charge is 1.96. The average Bonchev–Trinajstić information content (AvgIpc) is 3.09. The summed E-state index contributed by atoms with van der Waals surface area (Å²) in [5.41, 5.74) is 4.24. The molecule has 5 aromatic rings. The van der Waals surface area contributed by atoms with E-state index in [1.165, 1.54) is 10.8 Å². The molecule has 3 heteroatoms. The molecule has 0 fully saturated rings. The van der Waals surface area contributed by atoms with E-state index in [4.69, 9.17) is 0 Å². The molecule has 0 amide bonds. The van der Waals surface area contributed by atoms with Crippen LogP contribution in [0.3, 0.4) is 0 Å². The molecule has 0 aliphatic heterocycles. The fraction of sp³-hybridized carbons (Fsp3) is 0. The monoisotopic (exact) mass is 297 g/mol. The van der Waals surface area contributed by atoms with Crippen molar-refractivity contribution in [3.05, 3.63) is 85.2 Å². The van der Waals surface area contributed by atoms with Gasteiger partial charge in [-0.05, 0) is 30.3 Å². The van der Waals surface area contributed by atoms with Crippen LogP contribution in [0.1, 0.15) is 0 Å². The molecular weight excluding hydrogens is 282 g/mol. The number of imidazole rings is 1. The van der Waals surface area contributed by atoms with E-state index in [9.17, 15) is 0 Å². The standard InChI is InChI=1S/C13H9N.C7H6N2/c1-3-7-12-10(5-1)9-11-6-2-4-8-13(11)14-12;1-2-4-7-6(3-1)8-5-9-7/h1-9H;1-5H,(H,8,9). The van der Waals surface area contributed by atoms with Crippen molar-refractivity contribution in [2.75, 3.05) is 0 Å². The third-order valence-electron chi connectivity index (χ3n) is 3.75. The van der Waals surface area contributed by atoms with E-state index >= 15 is 0 Å². The number of H-pyrrole nitrogens is 1. The molecule has 110 valence electrons. The van der Waals surface area contributed by atoms with Crippen LogP contribution in [0.5, 0.6) is 0 Å². The van der Waals surface area contributed by atoms with Crippen LogP contribution in [0.4, 0.5) is 0 Å². The van der Waals surface area contributed by atoms with Gasteiger partial charge in [-0.25, -0.2) is 9.97 Å². The molecular formula is C20H15N3. The van der Waals surface area contributed by atoms with Crippen molar-refractivity contribution in [1.29, 1.82) is 0 Å². The maximum atomic E-state index is 4.58. The maximum absolute atomic E-state index is 4.58. The van der Waals surface area contributed by atoms with Gasteiger partial charge < -0.3 is 4.98 Å². The summed E-state index contributed by atoms with van der Waals surface area (Å²) in [6, 6.07) is 26.5. The van der Waals surface area contributed by atoms with Gasteiger partial charge in [0.25, 0.3) is 0 Å². The van der Waals surface area contributed by atoms with E-state index in [-0.39, 0.29) is 0 Å². The quantitative estimate of drug-likeness (QED) is 0.411. The van der Waals surface area contributed by atoms with Gasteiger partial charge in [-0.3, -0.25) is 0 Å². The average molecular weight is 297 g/mol. The van der Waals surface area contributed by atoms with Gasteiger partial charge in [-0.1, -0.05) is 48.5 Å². The summed E-state index contributed by atoms with van der Waals surface area (Å²) in [5, 5.41) is 2.40. The fourth-order valence-electron chi connectivity index (χ4n) is 2.60. The third-order valence-corrected chi connectivity index (χ3v) is 3.75. The number of aromatic amines is 1. The van der Waals surface area contributed by atoms with Crippen molar-refractivity contribution in [3.8, 4) is 0 Å². The Labute approximate surface area is 133 Å². The van der Waals surface area contributed by atoms with Gasteiger partial charge in [0.15, 0.2) is 0 Å². The van der Waals surface area contributed by atoms with Crippen LogP contribution in [-0.2, 0) is 0 Å². The first-order valence-electron chi connectivity index (χ1n) is 7.53. The van der Waals surface area contributed by atoms with Crippen molar-refractivity contribution < 1.29 is 0 Å². The third kappa shape index (κ3) is 2.77. The van der Waals surface area contributed by atoms with Crippen LogP contribution >= 0.6 is 0 Å². The molecule has 5 rings (SSSR count). The van der Waals surface area contributed by atoms with Gasteiger partial charge in [0.2, 0.25) is 0 Å². The first-order chi connectivity index (χ1) is 11.4. The van der Waals surface area contributed by atoms with Crippen LogP contribution in [0.2, 0.25) is 0 Å².